The molecule has 1 N–H and O–H groups in total. The highest BCUT2D eigenvalue weighted by Gasteiger charge is 2.35. The van der Waals surface area contributed by atoms with Gasteiger partial charge in [0.25, 0.3) is 0 Å². The standard InChI is InChI=1S/C11H24N3O2PS3/c1-6-10(3)19-17(16,13(4)9-15)14(5)20-12-8-11(18)7-2/h9-10,12H,6-8H2,1-5H3. The number of carbonyl (C=O) groups excluding carboxylic acids is 1. The van der Waals surface area contributed by atoms with Crippen LogP contribution in [-0.2, 0) is 9.36 Å². The lowest BCUT2D eigenvalue weighted by molar-refractivity contribution is -0.113. The molecule has 0 aliphatic rings. The van der Waals surface area contributed by atoms with Crippen molar-refractivity contribution in [1.29, 1.82) is 0 Å². The first-order valence-corrected chi connectivity index (χ1v) is 10.7. The molecule has 0 aromatic rings. The summed E-state index contributed by atoms with van der Waals surface area (Å²) in [7, 11) is 3.28. The summed E-state index contributed by atoms with van der Waals surface area (Å²) in [4.78, 5) is 11.9. The van der Waals surface area contributed by atoms with Crippen molar-refractivity contribution in [2.45, 2.75) is 38.9 Å². The summed E-state index contributed by atoms with van der Waals surface area (Å²) in [5, 5.41) is 0.211. The van der Waals surface area contributed by atoms with Crippen molar-refractivity contribution in [3.63, 3.8) is 0 Å². The molecule has 20 heavy (non-hydrogen) atoms. The number of nitrogens with zero attached hydrogens (tertiary/aromatic N) is 2. The van der Waals surface area contributed by atoms with E-state index in [2.05, 4.69) is 4.72 Å². The van der Waals surface area contributed by atoms with E-state index in [0.29, 0.717) is 13.0 Å². The quantitative estimate of drug-likeness (QED) is 0.262. The highest BCUT2D eigenvalue weighted by molar-refractivity contribution is 8.58. The van der Waals surface area contributed by atoms with Gasteiger partial charge in [-0.1, -0.05) is 44.4 Å². The molecule has 5 nitrogen and oxygen atoms in total. The molecule has 9 heteroatoms. The van der Waals surface area contributed by atoms with Gasteiger partial charge in [0.05, 0.1) is 0 Å². The predicted molar refractivity (Wildman–Crippen MR) is 95.0 cm³/mol. The van der Waals surface area contributed by atoms with Crippen LogP contribution in [-0.4, -0.2) is 45.9 Å². The molecule has 1 amide bonds. The average molecular weight is 358 g/mol. The van der Waals surface area contributed by atoms with Gasteiger partial charge in [0.15, 0.2) is 0 Å². The minimum atomic E-state index is -2.97. The molecule has 0 saturated heterocycles. The number of carbonyl (C=O) groups is 1. The molecule has 0 radical (unpaired) electrons. The van der Waals surface area contributed by atoms with Crippen LogP contribution in [0.3, 0.4) is 0 Å². The fourth-order valence-corrected chi connectivity index (χ4v) is 7.49. The van der Waals surface area contributed by atoms with Crippen LogP contribution in [0.5, 0.6) is 0 Å². The Morgan fingerprint density at radius 3 is 2.50 bits per heavy atom. The van der Waals surface area contributed by atoms with E-state index in [0.717, 1.165) is 17.7 Å². The molecule has 118 valence electrons. The van der Waals surface area contributed by atoms with Gasteiger partial charge in [-0.2, -0.15) is 4.08 Å². The first-order chi connectivity index (χ1) is 9.31. The van der Waals surface area contributed by atoms with E-state index in [1.165, 1.54) is 28.2 Å². The summed E-state index contributed by atoms with van der Waals surface area (Å²) >= 11 is 7.70. The van der Waals surface area contributed by atoms with Crippen molar-refractivity contribution in [3.8, 4) is 0 Å². The Morgan fingerprint density at radius 2 is 2.05 bits per heavy atom. The van der Waals surface area contributed by atoms with Gasteiger partial charge in [-0.15, -0.1) is 0 Å². The average Bonchev–Trinajstić information content (AvgIpc) is 2.45. The molecule has 0 spiro atoms. The Balaban J connectivity index is 4.72. The SMILES string of the molecule is CCC(=S)CNSN(C)P(=O)(SC(C)CC)N(C)C=O. The Kier molecular flexibility index (Phi) is 10.4. The van der Waals surface area contributed by atoms with Crippen LogP contribution in [0.15, 0.2) is 0 Å². The summed E-state index contributed by atoms with van der Waals surface area (Å²) in [6.45, 7) is 3.66. The number of rotatable bonds is 11. The first kappa shape index (κ1) is 20.4. The molecule has 0 heterocycles. The summed E-state index contributed by atoms with van der Waals surface area (Å²) < 4.78 is 19.0. The zero-order chi connectivity index (χ0) is 15.8. The lowest BCUT2D eigenvalue weighted by atomic mass is 10.3. The second kappa shape index (κ2) is 10.2. The molecule has 0 aliphatic carbocycles. The van der Waals surface area contributed by atoms with Crippen LogP contribution < -0.4 is 4.72 Å². The Labute approximate surface area is 136 Å². The van der Waals surface area contributed by atoms with Crippen molar-refractivity contribution >= 4 is 53.7 Å². The molecule has 0 bridgehead atoms. The lowest BCUT2D eigenvalue weighted by Crippen LogP contribution is -2.25. The van der Waals surface area contributed by atoms with E-state index in [4.69, 9.17) is 12.2 Å². The lowest BCUT2D eigenvalue weighted by Gasteiger charge is -2.32. The van der Waals surface area contributed by atoms with Gasteiger partial charge in [0, 0.05) is 42.9 Å². The van der Waals surface area contributed by atoms with Crippen LogP contribution in [0.25, 0.3) is 0 Å². The maximum absolute atomic E-state index is 13.0. The van der Waals surface area contributed by atoms with Gasteiger partial charge in [0.2, 0.25) is 6.41 Å². The molecule has 0 saturated carbocycles. The zero-order valence-electron chi connectivity index (χ0n) is 12.7. The van der Waals surface area contributed by atoms with Crippen molar-refractivity contribution in [1.82, 2.24) is 13.5 Å². The van der Waals surface area contributed by atoms with Crippen LogP contribution >= 0.6 is 42.4 Å². The summed E-state index contributed by atoms with van der Waals surface area (Å²) in [5.41, 5.74) is 0. The molecular formula is C11H24N3O2PS3. The number of hydrogen-bond acceptors (Lipinski definition) is 6. The van der Waals surface area contributed by atoms with Gasteiger partial charge >= 0.3 is 6.65 Å². The van der Waals surface area contributed by atoms with Gasteiger partial charge in [-0.25, -0.2) is 4.72 Å². The Morgan fingerprint density at radius 1 is 1.45 bits per heavy atom. The number of hydrogen-bond donors (Lipinski definition) is 1. The summed E-state index contributed by atoms with van der Waals surface area (Å²) in [6, 6.07) is 0. The second-order valence-electron chi connectivity index (χ2n) is 4.26. The second-order valence-corrected chi connectivity index (χ2v) is 11.4. The third-order valence-electron chi connectivity index (χ3n) is 2.66. The van der Waals surface area contributed by atoms with Gasteiger partial charge in [-0.05, 0) is 12.8 Å². The van der Waals surface area contributed by atoms with Gasteiger partial charge in [0.1, 0.15) is 0 Å². The third kappa shape index (κ3) is 6.45. The monoisotopic (exact) mass is 357 g/mol. The normalized spacial score (nSPS) is 15.7. The largest absolute Gasteiger partial charge is 0.307 e. The smallest absolute Gasteiger partial charge is 0.278 e. The van der Waals surface area contributed by atoms with Crippen molar-refractivity contribution in [2.24, 2.45) is 0 Å². The Hall–Kier alpha value is 0.410. The van der Waals surface area contributed by atoms with E-state index < -0.39 is 6.65 Å². The minimum absolute atomic E-state index is 0.211. The van der Waals surface area contributed by atoms with E-state index in [1.54, 1.807) is 18.2 Å². The number of thiocarbonyl (C=S) groups is 1. The van der Waals surface area contributed by atoms with Crippen molar-refractivity contribution < 1.29 is 9.36 Å². The maximum atomic E-state index is 13.0. The van der Waals surface area contributed by atoms with Gasteiger partial charge in [-0.3, -0.25) is 14.0 Å². The number of nitrogens with one attached hydrogen (secondary N) is 1. The van der Waals surface area contributed by atoms with Crippen LogP contribution in [0.1, 0.15) is 33.6 Å². The fourth-order valence-electron chi connectivity index (χ4n) is 1.09. The maximum Gasteiger partial charge on any atom is 0.307 e. The van der Waals surface area contributed by atoms with E-state index in [9.17, 15) is 9.36 Å². The topological polar surface area (TPSA) is 52.7 Å². The van der Waals surface area contributed by atoms with Crippen LogP contribution in [0.2, 0.25) is 0 Å². The highest BCUT2D eigenvalue weighted by atomic mass is 32.7. The van der Waals surface area contributed by atoms with E-state index >= 15 is 0 Å². The summed E-state index contributed by atoms with van der Waals surface area (Å²) in [5.74, 6) is 0. The molecular weight excluding hydrogens is 333 g/mol. The molecule has 0 aliphatic heterocycles. The van der Waals surface area contributed by atoms with E-state index in [1.807, 2.05) is 20.8 Å². The molecule has 0 rings (SSSR count). The fraction of sp³-hybridized carbons (Fsp3) is 0.818. The minimum Gasteiger partial charge on any atom is -0.278 e. The van der Waals surface area contributed by atoms with E-state index in [-0.39, 0.29) is 5.25 Å². The van der Waals surface area contributed by atoms with Crippen LogP contribution in [0.4, 0.5) is 0 Å². The predicted octanol–water partition coefficient (Wildman–Crippen LogP) is 3.58. The zero-order valence-corrected chi connectivity index (χ0v) is 16.0. The molecule has 2 atom stereocenters. The summed E-state index contributed by atoms with van der Waals surface area (Å²) in [6.07, 6.45) is 2.34. The van der Waals surface area contributed by atoms with Crippen molar-refractivity contribution in [3.05, 3.63) is 0 Å². The first-order valence-electron chi connectivity index (χ1n) is 6.44. The van der Waals surface area contributed by atoms with Crippen molar-refractivity contribution in [2.75, 3.05) is 20.6 Å². The van der Waals surface area contributed by atoms with Gasteiger partial charge < -0.3 is 0 Å². The number of amides is 1. The Bertz CT molecular complexity index is 371. The highest BCUT2D eigenvalue weighted by Crippen LogP contribution is 2.66. The molecule has 2 unspecified atom stereocenters. The molecule has 0 aromatic carbocycles. The third-order valence-corrected chi connectivity index (χ3v) is 10.8. The van der Waals surface area contributed by atoms with Crippen LogP contribution in [0, 0.1) is 0 Å². The molecule has 0 aromatic heterocycles. The molecule has 0 fully saturated rings.